The van der Waals surface area contributed by atoms with Crippen LogP contribution in [-0.4, -0.2) is 35.0 Å². The van der Waals surface area contributed by atoms with Crippen LogP contribution in [0.25, 0.3) is 0 Å². The van der Waals surface area contributed by atoms with Crippen molar-refractivity contribution in [3.05, 3.63) is 35.6 Å². The SMILES string of the molecule is CC1CC(C(=O)O)CN(C(=O)Cc2cccc(F)c2)C1. The molecule has 1 heterocycles. The van der Waals surface area contributed by atoms with Gasteiger partial charge in [-0.1, -0.05) is 19.1 Å². The fraction of sp³-hybridized carbons (Fsp3) is 0.467. The second-order valence-electron chi connectivity index (χ2n) is 5.48. The van der Waals surface area contributed by atoms with E-state index < -0.39 is 11.9 Å². The number of carboxylic acids is 1. The lowest BCUT2D eigenvalue weighted by Crippen LogP contribution is -2.46. The van der Waals surface area contributed by atoms with Crippen LogP contribution >= 0.6 is 0 Å². The third-order valence-corrected chi connectivity index (χ3v) is 3.61. The quantitative estimate of drug-likeness (QED) is 0.920. The number of carbonyl (C=O) groups excluding carboxylic acids is 1. The maximum atomic E-state index is 13.1. The minimum atomic E-state index is -0.861. The Kier molecular flexibility index (Phi) is 4.37. The Labute approximate surface area is 117 Å². The van der Waals surface area contributed by atoms with Crippen LogP contribution in [0, 0.1) is 17.7 Å². The molecule has 2 unspecified atom stereocenters. The molecule has 108 valence electrons. The molecular formula is C15H18FNO3. The van der Waals surface area contributed by atoms with Crippen molar-refractivity contribution in [3.8, 4) is 0 Å². The normalized spacial score (nSPS) is 22.6. The molecule has 5 heteroatoms. The van der Waals surface area contributed by atoms with Crippen molar-refractivity contribution in [3.63, 3.8) is 0 Å². The molecule has 1 fully saturated rings. The van der Waals surface area contributed by atoms with Crippen LogP contribution in [0.1, 0.15) is 18.9 Å². The molecule has 1 aromatic carbocycles. The maximum Gasteiger partial charge on any atom is 0.308 e. The number of hydrogen-bond acceptors (Lipinski definition) is 2. The largest absolute Gasteiger partial charge is 0.481 e. The number of hydrogen-bond donors (Lipinski definition) is 1. The van der Waals surface area contributed by atoms with E-state index in [9.17, 15) is 14.0 Å². The molecule has 0 radical (unpaired) electrons. The number of likely N-dealkylation sites (tertiary alicyclic amines) is 1. The zero-order valence-corrected chi connectivity index (χ0v) is 11.4. The number of benzene rings is 1. The first-order valence-electron chi connectivity index (χ1n) is 6.70. The van der Waals surface area contributed by atoms with E-state index in [0.29, 0.717) is 18.5 Å². The molecule has 1 aliphatic rings. The highest BCUT2D eigenvalue weighted by Crippen LogP contribution is 2.22. The summed E-state index contributed by atoms with van der Waals surface area (Å²) < 4.78 is 13.1. The molecule has 0 aromatic heterocycles. The van der Waals surface area contributed by atoms with Gasteiger partial charge in [-0.25, -0.2) is 4.39 Å². The summed E-state index contributed by atoms with van der Waals surface area (Å²) in [5, 5.41) is 9.09. The molecular weight excluding hydrogens is 261 g/mol. The second kappa shape index (κ2) is 6.03. The number of piperidine rings is 1. The minimum Gasteiger partial charge on any atom is -0.481 e. The Morgan fingerprint density at radius 3 is 2.80 bits per heavy atom. The van der Waals surface area contributed by atoms with Gasteiger partial charge in [0.2, 0.25) is 5.91 Å². The lowest BCUT2D eigenvalue weighted by Gasteiger charge is -2.34. The fourth-order valence-corrected chi connectivity index (χ4v) is 2.67. The summed E-state index contributed by atoms with van der Waals surface area (Å²) in [5.41, 5.74) is 0.611. The lowest BCUT2D eigenvalue weighted by molar-refractivity contribution is -0.146. The first-order chi connectivity index (χ1) is 9.45. The molecule has 0 spiro atoms. The lowest BCUT2D eigenvalue weighted by atomic mass is 9.90. The molecule has 2 atom stereocenters. The zero-order valence-electron chi connectivity index (χ0n) is 11.4. The summed E-state index contributed by atoms with van der Waals surface area (Å²) in [6, 6.07) is 5.93. The molecule has 1 aliphatic heterocycles. The van der Waals surface area contributed by atoms with Gasteiger partial charge in [-0.15, -0.1) is 0 Å². The number of amides is 1. The van der Waals surface area contributed by atoms with Crippen molar-refractivity contribution in [1.82, 2.24) is 4.90 Å². The summed E-state index contributed by atoms with van der Waals surface area (Å²) in [6.07, 6.45) is 0.704. The molecule has 1 N–H and O–H groups in total. The van der Waals surface area contributed by atoms with Gasteiger partial charge in [-0.3, -0.25) is 9.59 Å². The van der Waals surface area contributed by atoms with E-state index in [2.05, 4.69) is 0 Å². The first-order valence-corrected chi connectivity index (χ1v) is 6.70. The van der Waals surface area contributed by atoms with Gasteiger partial charge in [0.1, 0.15) is 5.82 Å². The van der Waals surface area contributed by atoms with Gasteiger partial charge in [0, 0.05) is 13.1 Å². The molecule has 20 heavy (non-hydrogen) atoms. The van der Waals surface area contributed by atoms with Crippen LogP contribution in [0.15, 0.2) is 24.3 Å². The minimum absolute atomic E-state index is 0.108. The number of halogens is 1. The molecule has 0 saturated carbocycles. The number of aliphatic carboxylic acids is 1. The maximum absolute atomic E-state index is 13.1. The van der Waals surface area contributed by atoms with Crippen molar-refractivity contribution in [2.24, 2.45) is 11.8 Å². The third kappa shape index (κ3) is 3.56. The van der Waals surface area contributed by atoms with Crippen LogP contribution in [0.3, 0.4) is 0 Å². The van der Waals surface area contributed by atoms with E-state index >= 15 is 0 Å². The highest BCUT2D eigenvalue weighted by molar-refractivity contribution is 5.80. The van der Waals surface area contributed by atoms with Gasteiger partial charge < -0.3 is 10.0 Å². The van der Waals surface area contributed by atoms with Crippen LogP contribution in [0.4, 0.5) is 4.39 Å². The Bertz CT molecular complexity index is 518. The number of carboxylic acid groups (broad SMARTS) is 1. The molecule has 2 rings (SSSR count). The number of carbonyl (C=O) groups is 2. The van der Waals surface area contributed by atoms with Gasteiger partial charge >= 0.3 is 5.97 Å². The summed E-state index contributed by atoms with van der Waals surface area (Å²) >= 11 is 0. The van der Waals surface area contributed by atoms with Crippen molar-refractivity contribution >= 4 is 11.9 Å². The fourth-order valence-electron chi connectivity index (χ4n) is 2.67. The van der Waals surface area contributed by atoms with Crippen LogP contribution < -0.4 is 0 Å². The van der Waals surface area contributed by atoms with Crippen LogP contribution in [0.2, 0.25) is 0 Å². The van der Waals surface area contributed by atoms with E-state index in [-0.39, 0.29) is 30.6 Å². The van der Waals surface area contributed by atoms with Gasteiger partial charge in [-0.2, -0.15) is 0 Å². The van der Waals surface area contributed by atoms with Crippen LogP contribution in [-0.2, 0) is 16.0 Å². The zero-order chi connectivity index (χ0) is 14.7. The van der Waals surface area contributed by atoms with E-state index in [4.69, 9.17) is 5.11 Å². The molecule has 1 aromatic rings. The van der Waals surface area contributed by atoms with Gasteiger partial charge in [-0.05, 0) is 30.0 Å². The predicted molar refractivity (Wildman–Crippen MR) is 71.6 cm³/mol. The van der Waals surface area contributed by atoms with Gasteiger partial charge in [0.05, 0.1) is 12.3 Å². The average Bonchev–Trinajstić information content (AvgIpc) is 2.37. The van der Waals surface area contributed by atoms with Crippen molar-refractivity contribution in [2.45, 2.75) is 19.8 Å². The standard InChI is InChI=1S/C15H18FNO3/c1-10-5-12(15(19)20)9-17(8-10)14(18)7-11-3-2-4-13(16)6-11/h2-4,6,10,12H,5,7-9H2,1H3,(H,19,20). The number of rotatable bonds is 3. The van der Waals surface area contributed by atoms with Gasteiger partial charge in [0.15, 0.2) is 0 Å². The Hall–Kier alpha value is -1.91. The topological polar surface area (TPSA) is 57.6 Å². The van der Waals surface area contributed by atoms with Crippen molar-refractivity contribution in [1.29, 1.82) is 0 Å². The summed E-state index contributed by atoms with van der Waals surface area (Å²) in [7, 11) is 0. The average molecular weight is 279 g/mol. The Balaban J connectivity index is 2.03. The summed E-state index contributed by atoms with van der Waals surface area (Å²) in [6.45, 7) is 2.75. The summed E-state index contributed by atoms with van der Waals surface area (Å²) in [4.78, 5) is 24.9. The van der Waals surface area contributed by atoms with Gasteiger partial charge in [0.25, 0.3) is 0 Å². The molecule has 0 bridgehead atoms. The van der Waals surface area contributed by atoms with Crippen molar-refractivity contribution in [2.75, 3.05) is 13.1 Å². The Morgan fingerprint density at radius 2 is 2.15 bits per heavy atom. The monoisotopic (exact) mass is 279 g/mol. The third-order valence-electron chi connectivity index (χ3n) is 3.61. The van der Waals surface area contributed by atoms with E-state index in [1.54, 1.807) is 17.0 Å². The van der Waals surface area contributed by atoms with E-state index in [1.165, 1.54) is 12.1 Å². The smallest absolute Gasteiger partial charge is 0.308 e. The molecule has 1 saturated heterocycles. The molecule has 0 aliphatic carbocycles. The highest BCUT2D eigenvalue weighted by atomic mass is 19.1. The number of nitrogens with zero attached hydrogens (tertiary/aromatic N) is 1. The highest BCUT2D eigenvalue weighted by Gasteiger charge is 2.31. The molecule has 4 nitrogen and oxygen atoms in total. The Morgan fingerprint density at radius 1 is 1.40 bits per heavy atom. The first kappa shape index (κ1) is 14.5. The van der Waals surface area contributed by atoms with Crippen molar-refractivity contribution < 1.29 is 19.1 Å². The van der Waals surface area contributed by atoms with E-state index in [1.807, 2.05) is 6.92 Å². The van der Waals surface area contributed by atoms with E-state index in [0.717, 1.165) is 0 Å². The summed E-state index contributed by atoms with van der Waals surface area (Å²) in [5.74, 6) is -1.71. The van der Waals surface area contributed by atoms with Crippen LogP contribution in [0.5, 0.6) is 0 Å². The predicted octanol–water partition coefficient (Wildman–Crippen LogP) is 1.94. The molecule has 1 amide bonds. The second-order valence-corrected chi connectivity index (χ2v) is 5.48.